The van der Waals surface area contributed by atoms with Crippen LogP contribution >= 0.6 is 0 Å². The number of rotatable bonds is 9. The molecule has 0 bridgehead atoms. The first kappa shape index (κ1) is 24.1. The second kappa shape index (κ2) is 13.3. The average molecular weight is 374 g/mol. The molecular weight excluding hydrogens is 341 g/mol. The lowest BCUT2D eigenvalue weighted by atomic mass is 10.1. The van der Waals surface area contributed by atoms with Gasteiger partial charge in [-0.3, -0.25) is 0 Å². The molecule has 1 heterocycles. The Hall–Kier alpha value is -2.89. The summed E-state index contributed by atoms with van der Waals surface area (Å²) in [5.41, 5.74) is 8.04. The average Bonchev–Trinajstić information content (AvgIpc) is 2.70. The van der Waals surface area contributed by atoms with Crippen LogP contribution in [0, 0.1) is 13.8 Å². The van der Waals surface area contributed by atoms with Crippen LogP contribution in [0.15, 0.2) is 62.7 Å². The van der Waals surface area contributed by atoms with Gasteiger partial charge in [0.25, 0.3) is 0 Å². The van der Waals surface area contributed by atoms with Crippen LogP contribution in [0.3, 0.4) is 0 Å². The Morgan fingerprint density at radius 3 is 2.44 bits per heavy atom. The van der Waals surface area contributed by atoms with Gasteiger partial charge in [0.2, 0.25) is 0 Å². The summed E-state index contributed by atoms with van der Waals surface area (Å²) in [5, 5.41) is 0. The molecule has 0 saturated carbocycles. The topological polar surface area (TPSA) is 54.8 Å². The molecule has 0 saturated heterocycles. The van der Waals surface area contributed by atoms with Crippen LogP contribution < -0.4 is 10.9 Å². The highest BCUT2D eigenvalue weighted by Gasteiger charge is 2.13. The van der Waals surface area contributed by atoms with Crippen molar-refractivity contribution in [3.63, 3.8) is 0 Å². The Balaban J connectivity index is 0.00000326. The largest absolute Gasteiger partial charge is 0.347 e. The van der Waals surface area contributed by atoms with Crippen LogP contribution in [0.5, 0.6) is 0 Å². The molecule has 0 aromatic carbocycles. The van der Waals surface area contributed by atoms with Crippen molar-refractivity contribution in [1.82, 2.24) is 25.4 Å². The molecule has 0 amide bonds. The Labute approximate surface area is 162 Å². The lowest BCUT2D eigenvalue weighted by Crippen LogP contribution is -2.27. The standard InChI is InChI=1S/C19H26FN5.C2H6/c1-7-9-18(20)17(6)19-22-14(3)10-11-25(12-15(4)23-19)13-16(5)24-21-8-2;1-2/h7-8,10-12,18,21,24H,1-2,5-6,9,13H2,3-4H3;1-2H3. The van der Waals surface area contributed by atoms with E-state index in [0.29, 0.717) is 17.9 Å². The third-order valence-corrected chi connectivity index (χ3v) is 3.19. The molecule has 0 fully saturated rings. The van der Waals surface area contributed by atoms with Crippen molar-refractivity contribution in [1.29, 1.82) is 0 Å². The first-order valence-electron chi connectivity index (χ1n) is 8.88. The molecule has 2 N–H and O–H groups in total. The van der Waals surface area contributed by atoms with Crippen molar-refractivity contribution in [2.75, 3.05) is 0 Å². The third kappa shape index (κ3) is 9.39. The van der Waals surface area contributed by atoms with Crippen LogP contribution in [0.2, 0.25) is 0 Å². The van der Waals surface area contributed by atoms with E-state index in [1.807, 2.05) is 50.7 Å². The lowest BCUT2D eigenvalue weighted by Gasteiger charge is -2.10. The molecule has 27 heavy (non-hydrogen) atoms. The van der Waals surface area contributed by atoms with Gasteiger partial charge in [0.15, 0.2) is 5.82 Å². The number of alkyl halides is 1. The molecule has 1 aromatic rings. The second-order valence-corrected chi connectivity index (χ2v) is 5.54. The highest BCUT2D eigenvalue weighted by molar-refractivity contribution is 5.60. The molecule has 1 unspecified atom stereocenters. The summed E-state index contributed by atoms with van der Waals surface area (Å²) in [6.45, 7) is 23.0. The number of allylic oxidation sites excluding steroid dienone is 3. The summed E-state index contributed by atoms with van der Waals surface area (Å²) in [6, 6.07) is 1.83. The van der Waals surface area contributed by atoms with E-state index in [9.17, 15) is 4.39 Å². The zero-order valence-electron chi connectivity index (χ0n) is 16.9. The van der Waals surface area contributed by atoms with Crippen LogP contribution in [0.25, 0.3) is 5.57 Å². The number of halogens is 1. The summed E-state index contributed by atoms with van der Waals surface area (Å²) < 4.78 is 16.0. The molecule has 6 heteroatoms. The van der Waals surface area contributed by atoms with Gasteiger partial charge in [-0.25, -0.2) is 14.4 Å². The fourth-order valence-electron chi connectivity index (χ4n) is 2.00. The molecule has 148 valence electrons. The maximum absolute atomic E-state index is 14.1. The van der Waals surface area contributed by atoms with Gasteiger partial charge in [0.1, 0.15) is 6.17 Å². The summed E-state index contributed by atoms with van der Waals surface area (Å²) in [5.74, 6) is 0.289. The Morgan fingerprint density at radius 1 is 1.22 bits per heavy atom. The molecule has 0 spiro atoms. The van der Waals surface area contributed by atoms with Gasteiger partial charge in [-0.15, -0.1) is 6.58 Å². The molecule has 1 atom stereocenters. The van der Waals surface area contributed by atoms with Gasteiger partial charge >= 0.3 is 0 Å². The number of hydrogen-bond acceptors (Lipinski definition) is 4. The van der Waals surface area contributed by atoms with Crippen molar-refractivity contribution < 1.29 is 4.39 Å². The van der Waals surface area contributed by atoms with Crippen LogP contribution in [-0.2, 0) is 6.54 Å². The number of aryl methyl sites for hydroxylation is 2. The summed E-state index contributed by atoms with van der Waals surface area (Å²) in [4.78, 5) is 8.81. The molecule has 5 nitrogen and oxygen atoms in total. The Kier molecular flexibility index (Phi) is 11.9. The molecule has 0 aliphatic rings. The van der Waals surface area contributed by atoms with Gasteiger partial charge in [-0.1, -0.05) is 39.7 Å². The molecular formula is C21H32FN5. The van der Waals surface area contributed by atoms with E-state index in [1.54, 1.807) is 0 Å². The van der Waals surface area contributed by atoms with Crippen molar-refractivity contribution in [3.8, 4) is 0 Å². The monoisotopic (exact) mass is 373 g/mol. The number of nitrogens with one attached hydrogen (secondary N) is 2. The smallest absolute Gasteiger partial charge is 0.157 e. The van der Waals surface area contributed by atoms with E-state index in [2.05, 4.69) is 47.1 Å². The summed E-state index contributed by atoms with van der Waals surface area (Å²) in [7, 11) is 0. The second-order valence-electron chi connectivity index (χ2n) is 5.54. The Bertz CT molecular complexity index is 705. The molecule has 0 aliphatic heterocycles. The van der Waals surface area contributed by atoms with E-state index in [0.717, 1.165) is 5.70 Å². The molecule has 0 aliphatic carbocycles. The van der Waals surface area contributed by atoms with E-state index in [4.69, 9.17) is 0 Å². The highest BCUT2D eigenvalue weighted by atomic mass is 19.1. The minimum absolute atomic E-state index is 0.180. The maximum atomic E-state index is 14.1. The number of hydrogen-bond donors (Lipinski definition) is 2. The first-order valence-corrected chi connectivity index (χ1v) is 8.88. The minimum atomic E-state index is -1.25. The molecule has 1 rings (SSSR count). The van der Waals surface area contributed by atoms with Gasteiger partial charge in [0.05, 0.1) is 12.2 Å². The fourth-order valence-corrected chi connectivity index (χ4v) is 2.00. The van der Waals surface area contributed by atoms with Crippen LogP contribution in [0.1, 0.15) is 37.5 Å². The van der Waals surface area contributed by atoms with Crippen LogP contribution in [0.4, 0.5) is 4.39 Å². The van der Waals surface area contributed by atoms with Gasteiger partial charge in [-0.2, -0.15) is 0 Å². The minimum Gasteiger partial charge on any atom is -0.347 e. The quantitative estimate of drug-likeness (QED) is 0.486. The van der Waals surface area contributed by atoms with Crippen molar-refractivity contribution in [3.05, 3.63) is 80.0 Å². The lowest BCUT2D eigenvalue weighted by molar-refractivity contribution is 0.414. The van der Waals surface area contributed by atoms with E-state index in [-0.39, 0.29) is 17.8 Å². The highest BCUT2D eigenvalue weighted by Crippen LogP contribution is 2.18. The summed E-state index contributed by atoms with van der Waals surface area (Å²) in [6.07, 6.45) is 5.66. The number of aromatic nitrogens is 3. The zero-order chi connectivity index (χ0) is 20.8. The Morgan fingerprint density at radius 2 is 1.85 bits per heavy atom. The van der Waals surface area contributed by atoms with Crippen LogP contribution in [-0.4, -0.2) is 20.7 Å². The SMILES string of the molecule is C=CCC(F)C(=C)c1nc(C)ccn(CC(=C)NNC=C)cc(C)n1.CC. The maximum Gasteiger partial charge on any atom is 0.157 e. The van der Waals surface area contributed by atoms with Crippen molar-refractivity contribution in [2.45, 2.75) is 46.8 Å². The normalized spacial score (nSPS) is 10.4. The fraction of sp³-hybridized carbons (Fsp3) is 0.333. The molecule has 0 radical (unpaired) electrons. The third-order valence-electron chi connectivity index (χ3n) is 3.19. The predicted octanol–water partition coefficient (Wildman–Crippen LogP) is 4.72. The number of nitrogens with zero attached hydrogens (tertiary/aromatic N) is 3. The number of hydrazine groups is 1. The van der Waals surface area contributed by atoms with Crippen molar-refractivity contribution >= 4 is 5.57 Å². The van der Waals surface area contributed by atoms with E-state index in [1.165, 1.54) is 12.3 Å². The predicted molar refractivity (Wildman–Crippen MR) is 113 cm³/mol. The van der Waals surface area contributed by atoms with Gasteiger partial charge < -0.3 is 15.4 Å². The van der Waals surface area contributed by atoms with Gasteiger partial charge in [-0.05, 0) is 19.9 Å². The van der Waals surface area contributed by atoms with E-state index >= 15 is 0 Å². The summed E-state index contributed by atoms with van der Waals surface area (Å²) >= 11 is 0. The van der Waals surface area contributed by atoms with Crippen molar-refractivity contribution in [2.24, 2.45) is 0 Å². The molecule has 1 aromatic heterocycles. The first-order chi connectivity index (χ1) is 12.9. The zero-order valence-corrected chi connectivity index (χ0v) is 16.9. The van der Waals surface area contributed by atoms with E-state index < -0.39 is 6.17 Å². The van der Waals surface area contributed by atoms with Gasteiger partial charge in [0, 0.05) is 42.0 Å².